The monoisotopic (exact) mass is 487 g/mol. The third-order valence-corrected chi connectivity index (χ3v) is 8.86. The van der Waals surface area contributed by atoms with Crippen molar-refractivity contribution in [2.75, 3.05) is 26.7 Å². The van der Waals surface area contributed by atoms with Gasteiger partial charge in [-0.3, -0.25) is 14.9 Å². The first-order chi connectivity index (χ1) is 16.2. The number of methoxy groups -OCH3 is 1. The lowest BCUT2D eigenvalue weighted by molar-refractivity contribution is -0.385. The maximum atomic E-state index is 13.4. The van der Waals surface area contributed by atoms with E-state index in [0.29, 0.717) is 24.9 Å². The summed E-state index contributed by atoms with van der Waals surface area (Å²) in [5.74, 6) is 0.574. The summed E-state index contributed by atoms with van der Waals surface area (Å²) in [4.78, 5) is 25.8. The molecule has 4 rings (SSSR count). The van der Waals surface area contributed by atoms with Gasteiger partial charge in [0.05, 0.1) is 23.0 Å². The molecule has 0 saturated carbocycles. The summed E-state index contributed by atoms with van der Waals surface area (Å²) in [6, 6.07) is 11.6. The van der Waals surface area contributed by atoms with E-state index in [2.05, 4.69) is 0 Å². The van der Waals surface area contributed by atoms with Gasteiger partial charge in [0.25, 0.3) is 5.69 Å². The number of hydrogen-bond acceptors (Lipinski definition) is 6. The second-order valence-corrected chi connectivity index (χ2v) is 10.8. The molecule has 2 aliphatic rings. The van der Waals surface area contributed by atoms with Gasteiger partial charge in [0, 0.05) is 37.7 Å². The highest BCUT2D eigenvalue weighted by atomic mass is 32.2. The molecule has 9 nitrogen and oxygen atoms in total. The topological polar surface area (TPSA) is 110 Å². The number of aryl methyl sites for hydroxylation is 1. The Labute approximate surface area is 199 Å². The Morgan fingerprint density at radius 3 is 2.50 bits per heavy atom. The highest BCUT2D eigenvalue weighted by Crippen LogP contribution is 2.36. The van der Waals surface area contributed by atoms with Crippen LogP contribution in [0, 0.1) is 23.0 Å². The fourth-order valence-corrected chi connectivity index (χ4v) is 6.64. The van der Waals surface area contributed by atoms with Crippen molar-refractivity contribution < 1.29 is 22.9 Å². The highest BCUT2D eigenvalue weighted by Gasteiger charge is 2.38. The Hall–Kier alpha value is -2.98. The van der Waals surface area contributed by atoms with Crippen molar-refractivity contribution in [2.24, 2.45) is 5.92 Å². The Bertz CT molecular complexity index is 1190. The second-order valence-electron chi connectivity index (χ2n) is 8.85. The van der Waals surface area contributed by atoms with Crippen LogP contribution in [-0.2, 0) is 14.8 Å². The van der Waals surface area contributed by atoms with Crippen LogP contribution >= 0.6 is 0 Å². The van der Waals surface area contributed by atoms with Crippen LogP contribution in [0.4, 0.5) is 5.69 Å². The number of carbonyl (C=O) groups excluding carboxylic acids is 1. The van der Waals surface area contributed by atoms with Crippen LogP contribution in [0.25, 0.3) is 0 Å². The van der Waals surface area contributed by atoms with Crippen LogP contribution in [0.15, 0.2) is 47.4 Å². The molecule has 2 saturated heterocycles. The quantitative estimate of drug-likeness (QED) is 0.454. The maximum absolute atomic E-state index is 13.4. The molecular formula is C24H29N3O6S. The minimum absolute atomic E-state index is 0.00289. The van der Waals surface area contributed by atoms with Crippen LogP contribution in [-0.4, -0.2) is 55.2 Å². The Morgan fingerprint density at radius 2 is 1.82 bits per heavy atom. The lowest BCUT2D eigenvalue weighted by atomic mass is 9.95. The number of ether oxygens (including phenoxy) is 1. The molecule has 1 atom stereocenters. The Kier molecular flexibility index (Phi) is 6.90. The van der Waals surface area contributed by atoms with Gasteiger partial charge >= 0.3 is 0 Å². The standard InChI is InChI=1S/C24H29N3O6S/c1-17-8-9-20(27(29)30)16-23(17)34(31,32)25-13-10-18(11-14-25)24(28)26-12-4-7-22(26)19-5-3-6-21(15-19)33-2/h3,5-6,8-9,15-16,18,22H,4,7,10-14H2,1-2H3/t22-/m1/s1. The number of amides is 1. The third-order valence-electron chi connectivity index (χ3n) is 6.82. The van der Waals surface area contributed by atoms with Gasteiger partial charge in [0.15, 0.2) is 0 Å². The molecule has 0 spiro atoms. The molecule has 2 aliphatic heterocycles. The summed E-state index contributed by atoms with van der Waals surface area (Å²) in [5, 5.41) is 11.1. The van der Waals surface area contributed by atoms with Crippen molar-refractivity contribution in [3.8, 4) is 5.75 Å². The summed E-state index contributed by atoms with van der Waals surface area (Å²) in [6.07, 6.45) is 2.66. The van der Waals surface area contributed by atoms with Gasteiger partial charge in [-0.05, 0) is 55.9 Å². The number of carbonyl (C=O) groups is 1. The van der Waals surface area contributed by atoms with Crippen LogP contribution in [0.2, 0.25) is 0 Å². The molecule has 0 unspecified atom stereocenters. The van der Waals surface area contributed by atoms with Crippen molar-refractivity contribution in [2.45, 2.75) is 43.5 Å². The summed E-state index contributed by atoms with van der Waals surface area (Å²) < 4.78 is 33.1. The van der Waals surface area contributed by atoms with Crippen molar-refractivity contribution in [1.82, 2.24) is 9.21 Å². The lowest BCUT2D eigenvalue weighted by Gasteiger charge is -2.34. The van der Waals surface area contributed by atoms with E-state index in [-0.39, 0.29) is 41.5 Å². The smallest absolute Gasteiger partial charge is 0.270 e. The second kappa shape index (κ2) is 9.71. The SMILES string of the molecule is COc1cccc([C@H]2CCCN2C(=O)C2CCN(S(=O)(=O)c3cc([N+](=O)[O-])ccc3C)CC2)c1. The molecule has 2 fully saturated rings. The molecule has 0 aromatic heterocycles. The van der Waals surface area contributed by atoms with Crippen LogP contribution in [0.3, 0.4) is 0 Å². The summed E-state index contributed by atoms with van der Waals surface area (Å²) >= 11 is 0. The highest BCUT2D eigenvalue weighted by molar-refractivity contribution is 7.89. The first-order valence-electron chi connectivity index (χ1n) is 11.4. The number of non-ortho nitro benzene ring substituents is 1. The van der Waals surface area contributed by atoms with E-state index in [1.54, 1.807) is 14.0 Å². The van der Waals surface area contributed by atoms with Crippen LogP contribution in [0.1, 0.15) is 42.9 Å². The predicted molar refractivity (Wildman–Crippen MR) is 126 cm³/mol. The molecule has 34 heavy (non-hydrogen) atoms. The Balaban J connectivity index is 1.46. The molecule has 10 heteroatoms. The number of likely N-dealkylation sites (tertiary alicyclic amines) is 1. The van der Waals surface area contributed by atoms with E-state index < -0.39 is 14.9 Å². The van der Waals surface area contributed by atoms with Gasteiger partial charge < -0.3 is 9.64 Å². The largest absolute Gasteiger partial charge is 0.497 e. The van der Waals surface area contributed by atoms with Crippen molar-refractivity contribution in [3.05, 3.63) is 63.7 Å². The van der Waals surface area contributed by atoms with Crippen molar-refractivity contribution in [1.29, 1.82) is 0 Å². The van der Waals surface area contributed by atoms with Gasteiger partial charge in [-0.1, -0.05) is 18.2 Å². The normalized spacial score (nSPS) is 19.8. The molecular weight excluding hydrogens is 458 g/mol. The average Bonchev–Trinajstić information content (AvgIpc) is 3.33. The lowest BCUT2D eigenvalue weighted by Crippen LogP contribution is -2.44. The number of hydrogen-bond donors (Lipinski definition) is 0. The summed E-state index contributed by atoms with van der Waals surface area (Å²) in [5.41, 5.74) is 1.25. The minimum atomic E-state index is -3.89. The van der Waals surface area contributed by atoms with Gasteiger partial charge in [0.2, 0.25) is 15.9 Å². The van der Waals surface area contributed by atoms with E-state index >= 15 is 0 Å². The predicted octanol–water partition coefficient (Wildman–Crippen LogP) is 3.68. The van der Waals surface area contributed by atoms with Gasteiger partial charge in [0.1, 0.15) is 5.75 Å². The fourth-order valence-electron chi connectivity index (χ4n) is 4.92. The number of nitro benzene ring substituents is 1. The first kappa shape index (κ1) is 24.2. The number of sulfonamides is 1. The summed E-state index contributed by atoms with van der Waals surface area (Å²) in [7, 11) is -2.27. The average molecular weight is 488 g/mol. The third kappa shape index (κ3) is 4.65. The van der Waals surface area contributed by atoms with Crippen molar-refractivity contribution >= 4 is 21.6 Å². The molecule has 0 bridgehead atoms. The number of piperidine rings is 1. The van der Waals surface area contributed by atoms with E-state index in [1.165, 1.54) is 16.4 Å². The summed E-state index contributed by atoms with van der Waals surface area (Å²) in [6.45, 7) is 2.72. The zero-order valence-electron chi connectivity index (χ0n) is 19.3. The maximum Gasteiger partial charge on any atom is 0.270 e. The van der Waals surface area contributed by atoms with Crippen LogP contribution in [0.5, 0.6) is 5.75 Å². The zero-order chi connectivity index (χ0) is 24.5. The van der Waals surface area contributed by atoms with Gasteiger partial charge in [-0.2, -0.15) is 4.31 Å². The molecule has 2 aromatic rings. The molecule has 182 valence electrons. The van der Waals surface area contributed by atoms with E-state index in [0.717, 1.165) is 30.2 Å². The van der Waals surface area contributed by atoms with E-state index in [4.69, 9.17) is 4.74 Å². The van der Waals surface area contributed by atoms with E-state index in [1.807, 2.05) is 29.2 Å². The molecule has 1 amide bonds. The molecule has 2 heterocycles. The zero-order valence-corrected chi connectivity index (χ0v) is 20.2. The number of rotatable bonds is 6. The molecule has 2 aromatic carbocycles. The molecule has 0 aliphatic carbocycles. The van der Waals surface area contributed by atoms with Crippen molar-refractivity contribution in [3.63, 3.8) is 0 Å². The van der Waals surface area contributed by atoms with Gasteiger partial charge in [-0.15, -0.1) is 0 Å². The number of benzene rings is 2. The van der Waals surface area contributed by atoms with Crippen LogP contribution < -0.4 is 4.74 Å². The van der Waals surface area contributed by atoms with Gasteiger partial charge in [-0.25, -0.2) is 8.42 Å². The molecule has 0 N–H and O–H groups in total. The number of nitrogens with zero attached hydrogens (tertiary/aromatic N) is 3. The fraction of sp³-hybridized carbons (Fsp3) is 0.458. The van der Waals surface area contributed by atoms with E-state index in [9.17, 15) is 23.3 Å². The minimum Gasteiger partial charge on any atom is -0.497 e. The first-order valence-corrected chi connectivity index (χ1v) is 12.9. The Morgan fingerprint density at radius 1 is 1.09 bits per heavy atom. The number of nitro groups is 1. The molecule has 0 radical (unpaired) electrons.